The number of carbonyl (C=O) groups excluding carboxylic acids is 2. The third kappa shape index (κ3) is 5.12. The second-order valence-electron chi connectivity index (χ2n) is 10.0. The van der Waals surface area contributed by atoms with Gasteiger partial charge in [-0.25, -0.2) is 4.79 Å². The van der Waals surface area contributed by atoms with Crippen molar-refractivity contribution >= 4 is 12.1 Å². The van der Waals surface area contributed by atoms with Gasteiger partial charge in [0, 0.05) is 38.5 Å². The standard InChI is InChI=1S/C29H36N2O5/c1-4-16-31-17-15-28(24-11-8-12-26(33)18-24)19-25(13-14-29(28,21-31)36-22(2)32)30(3)27(34)35-20-23-9-6-5-7-10-23/h4-12,18,25,33H,1,13-17,19-21H2,2-3H3/t25-,28+,29+/m1/s1. The van der Waals surface area contributed by atoms with Crippen molar-refractivity contribution in [3.8, 4) is 5.75 Å². The van der Waals surface area contributed by atoms with Gasteiger partial charge in [0.05, 0.1) is 0 Å². The number of hydrogen-bond donors (Lipinski definition) is 1. The van der Waals surface area contributed by atoms with Gasteiger partial charge in [-0.05, 0) is 55.5 Å². The monoisotopic (exact) mass is 492 g/mol. The van der Waals surface area contributed by atoms with E-state index in [4.69, 9.17) is 9.47 Å². The average Bonchev–Trinajstić information content (AvgIpc) is 2.87. The first-order chi connectivity index (χ1) is 17.3. The predicted octanol–water partition coefficient (Wildman–Crippen LogP) is 4.64. The number of carbonyl (C=O) groups is 2. The maximum absolute atomic E-state index is 13.0. The van der Waals surface area contributed by atoms with Crippen LogP contribution in [0.3, 0.4) is 0 Å². The van der Waals surface area contributed by atoms with Crippen LogP contribution in [-0.2, 0) is 26.3 Å². The second-order valence-corrected chi connectivity index (χ2v) is 10.0. The van der Waals surface area contributed by atoms with Crippen LogP contribution in [0.25, 0.3) is 0 Å². The van der Waals surface area contributed by atoms with Crippen molar-refractivity contribution < 1.29 is 24.2 Å². The molecule has 1 saturated heterocycles. The maximum atomic E-state index is 13.0. The molecule has 0 bridgehead atoms. The molecule has 7 heteroatoms. The Morgan fingerprint density at radius 1 is 1.19 bits per heavy atom. The number of hydrogen-bond acceptors (Lipinski definition) is 6. The fraction of sp³-hybridized carbons (Fsp3) is 0.448. The summed E-state index contributed by atoms with van der Waals surface area (Å²) in [6.45, 7) is 7.61. The molecular formula is C29H36N2O5. The number of esters is 1. The number of phenolic OH excluding ortho intramolecular Hbond substituents is 1. The number of phenols is 1. The highest BCUT2D eigenvalue weighted by molar-refractivity contribution is 5.68. The van der Waals surface area contributed by atoms with Crippen LogP contribution < -0.4 is 0 Å². The van der Waals surface area contributed by atoms with Crippen molar-refractivity contribution in [2.75, 3.05) is 26.7 Å². The molecule has 7 nitrogen and oxygen atoms in total. The molecule has 2 aromatic rings. The molecule has 3 atom stereocenters. The molecule has 1 N–H and O–H groups in total. The molecule has 1 aliphatic heterocycles. The first-order valence-corrected chi connectivity index (χ1v) is 12.5. The van der Waals surface area contributed by atoms with Crippen LogP contribution in [0, 0.1) is 0 Å². The number of amides is 1. The molecule has 0 aromatic heterocycles. The quantitative estimate of drug-likeness (QED) is 0.448. The molecule has 2 aromatic carbocycles. The highest BCUT2D eigenvalue weighted by Gasteiger charge is 2.61. The van der Waals surface area contributed by atoms with Gasteiger partial charge in [0.1, 0.15) is 18.0 Å². The average molecular weight is 493 g/mol. The van der Waals surface area contributed by atoms with E-state index in [9.17, 15) is 14.7 Å². The van der Waals surface area contributed by atoms with E-state index in [2.05, 4.69) is 11.5 Å². The van der Waals surface area contributed by atoms with Gasteiger partial charge in [0.25, 0.3) is 0 Å². The normalized spacial score (nSPS) is 25.9. The van der Waals surface area contributed by atoms with Crippen molar-refractivity contribution in [2.45, 2.75) is 56.3 Å². The number of likely N-dealkylation sites (tertiary alicyclic amines) is 1. The van der Waals surface area contributed by atoms with Gasteiger partial charge in [0.2, 0.25) is 0 Å². The van der Waals surface area contributed by atoms with E-state index < -0.39 is 11.0 Å². The summed E-state index contributed by atoms with van der Waals surface area (Å²) < 4.78 is 11.8. The summed E-state index contributed by atoms with van der Waals surface area (Å²) in [7, 11) is 1.78. The summed E-state index contributed by atoms with van der Waals surface area (Å²) >= 11 is 0. The summed E-state index contributed by atoms with van der Waals surface area (Å²) in [6, 6.07) is 16.8. The molecule has 1 amide bonds. The van der Waals surface area contributed by atoms with E-state index in [-0.39, 0.29) is 30.5 Å². The highest BCUT2D eigenvalue weighted by atomic mass is 16.6. The lowest BCUT2D eigenvalue weighted by atomic mass is 9.55. The summed E-state index contributed by atoms with van der Waals surface area (Å²) in [5.41, 5.74) is 0.519. The highest BCUT2D eigenvalue weighted by Crippen LogP contribution is 2.54. The molecule has 2 fully saturated rings. The van der Waals surface area contributed by atoms with Gasteiger partial charge < -0.3 is 19.5 Å². The maximum Gasteiger partial charge on any atom is 0.410 e. The number of nitrogens with zero attached hydrogens (tertiary/aromatic N) is 2. The largest absolute Gasteiger partial charge is 0.508 e. The number of fused-ring (bicyclic) bond motifs is 1. The van der Waals surface area contributed by atoms with Gasteiger partial charge in [-0.2, -0.15) is 0 Å². The second kappa shape index (κ2) is 10.7. The van der Waals surface area contributed by atoms with Crippen LogP contribution in [0.15, 0.2) is 67.3 Å². The Morgan fingerprint density at radius 3 is 2.67 bits per heavy atom. The number of rotatable bonds is 7. The van der Waals surface area contributed by atoms with Gasteiger partial charge in [-0.1, -0.05) is 48.5 Å². The van der Waals surface area contributed by atoms with E-state index >= 15 is 0 Å². The lowest BCUT2D eigenvalue weighted by molar-refractivity contribution is -0.188. The minimum Gasteiger partial charge on any atom is -0.508 e. The van der Waals surface area contributed by atoms with Gasteiger partial charge in [-0.15, -0.1) is 6.58 Å². The SMILES string of the molecule is C=CCN1CC[C@@]2(c3cccc(O)c3)C[C@H](N(C)C(=O)OCc3ccccc3)CC[C@]2(OC(C)=O)C1. The Hall–Kier alpha value is -3.32. The Morgan fingerprint density at radius 2 is 1.97 bits per heavy atom. The smallest absolute Gasteiger partial charge is 0.410 e. The fourth-order valence-electron chi connectivity index (χ4n) is 6.10. The first kappa shape index (κ1) is 25.8. The van der Waals surface area contributed by atoms with Crippen molar-refractivity contribution in [3.05, 3.63) is 78.4 Å². The van der Waals surface area contributed by atoms with Crippen LogP contribution in [0.2, 0.25) is 0 Å². The molecule has 0 radical (unpaired) electrons. The zero-order chi connectivity index (χ0) is 25.8. The third-order valence-electron chi connectivity index (χ3n) is 7.84. The van der Waals surface area contributed by atoms with Crippen molar-refractivity contribution in [1.82, 2.24) is 9.80 Å². The summed E-state index contributed by atoms with van der Waals surface area (Å²) in [5.74, 6) is -0.154. The van der Waals surface area contributed by atoms with Gasteiger partial charge in [0.15, 0.2) is 0 Å². The Kier molecular flexibility index (Phi) is 7.69. The van der Waals surface area contributed by atoms with Crippen LogP contribution in [0.1, 0.15) is 43.7 Å². The lowest BCUT2D eigenvalue weighted by Gasteiger charge is -2.60. The van der Waals surface area contributed by atoms with E-state index in [1.807, 2.05) is 48.5 Å². The number of benzene rings is 2. The van der Waals surface area contributed by atoms with E-state index in [0.717, 1.165) is 24.1 Å². The topological polar surface area (TPSA) is 79.3 Å². The van der Waals surface area contributed by atoms with E-state index in [1.165, 1.54) is 6.92 Å². The first-order valence-electron chi connectivity index (χ1n) is 12.5. The van der Waals surface area contributed by atoms with Crippen molar-refractivity contribution in [1.29, 1.82) is 0 Å². The molecule has 1 heterocycles. The Balaban J connectivity index is 1.64. The molecule has 0 unspecified atom stereocenters. The summed E-state index contributed by atoms with van der Waals surface area (Å²) in [6.07, 6.45) is 4.08. The van der Waals surface area contributed by atoms with Gasteiger partial charge >= 0.3 is 12.1 Å². The van der Waals surface area contributed by atoms with Crippen molar-refractivity contribution in [3.63, 3.8) is 0 Å². The molecule has 1 aliphatic carbocycles. The molecule has 192 valence electrons. The number of piperidine rings is 1. The molecule has 0 spiro atoms. The minimum absolute atomic E-state index is 0.106. The number of ether oxygens (including phenoxy) is 2. The van der Waals surface area contributed by atoms with E-state index in [1.54, 1.807) is 24.1 Å². The molecule has 2 aliphatic rings. The molecule has 1 saturated carbocycles. The summed E-state index contributed by atoms with van der Waals surface area (Å²) in [5, 5.41) is 10.4. The summed E-state index contributed by atoms with van der Waals surface area (Å²) in [4.78, 5) is 29.4. The fourth-order valence-corrected chi connectivity index (χ4v) is 6.10. The van der Waals surface area contributed by atoms with Crippen LogP contribution in [0.5, 0.6) is 5.75 Å². The van der Waals surface area contributed by atoms with Gasteiger partial charge in [-0.3, -0.25) is 9.69 Å². The van der Waals surface area contributed by atoms with E-state index in [0.29, 0.717) is 32.4 Å². The Bertz CT molecular complexity index is 1090. The zero-order valence-electron chi connectivity index (χ0n) is 21.2. The predicted molar refractivity (Wildman–Crippen MR) is 138 cm³/mol. The van der Waals surface area contributed by atoms with Crippen LogP contribution >= 0.6 is 0 Å². The molecular weight excluding hydrogens is 456 g/mol. The van der Waals surface area contributed by atoms with Crippen LogP contribution in [-0.4, -0.2) is 65.3 Å². The third-order valence-corrected chi connectivity index (χ3v) is 7.84. The lowest BCUT2D eigenvalue weighted by Crippen LogP contribution is -2.68. The number of aromatic hydroxyl groups is 1. The minimum atomic E-state index is -0.779. The molecule has 4 rings (SSSR count). The Labute approximate surface area is 213 Å². The van der Waals surface area contributed by atoms with Crippen LogP contribution in [0.4, 0.5) is 4.79 Å². The molecule has 36 heavy (non-hydrogen) atoms. The van der Waals surface area contributed by atoms with Crippen molar-refractivity contribution in [2.24, 2.45) is 0 Å². The zero-order valence-corrected chi connectivity index (χ0v) is 21.2.